The van der Waals surface area contributed by atoms with Gasteiger partial charge in [-0.15, -0.1) is 13.2 Å². The highest BCUT2D eigenvalue weighted by molar-refractivity contribution is 5.71. The zero-order valence-corrected chi connectivity index (χ0v) is 21.3. The molecule has 2 heteroatoms. The Kier molecular flexibility index (Phi) is 13.4. The van der Waals surface area contributed by atoms with Gasteiger partial charge in [-0.1, -0.05) is 85.6 Å². The number of aryl methyl sites for hydroxylation is 1. The highest BCUT2D eigenvalue weighted by atomic mass is 15.1. The second-order valence-corrected chi connectivity index (χ2v) is 7.11. The van der Waals surface area contributed by atoms with Gasteiger partial charge in [0.15, 0.2) is 0 Å². The molecule has 172 valence electrons. The van der Waals surface area contributed by atoms with Crippen LogP contribution in [-0.4, -0.2) is 10.2 Å². The lowest BCUT2D eigenvalue weighted by molar-refractivity contribution is 0.857. The quantitative estimate of drug-likeness (QED) is 0.470. The maximum Gasteiger partial charge on any atom is 0.0927 e. The molecule has 32 heavy (non-hydrogen) atoms. The molecule has 3 rings (SSSR count). The molecule has 0 unspecified atom stereocenters. The smallest absolute Gasteiger partial charge is 0.0927 e. The van der Waals surface area contributed by atoms with Crippen molar-refractivity contribution in [3.63, 3.8) is 0 Å². The van der Waals surface area contributed by atoms with Crippen molar-refractivity contribution in [1.29, 1.82) is 0 Å². The Labute approximate surface area is 196 Å². The van der Waals surface area contributed by atoms with E-state index in [2.05, 4.69) is 94.2 Å². The van der Waals surface area contributed by atoms with E-state index < -0.39 is 0 Å². The highest BCUT2D eigenvalue weighted by Crippen LogP contribution is 2.37. The summed E-state index contributed by atoms with van der Waals surface area (Å²) in [5, 5.41) is 7.63. The number of allylic oxidation sites excluding steroid dienone is 6. The van der Waals surface area contributed by atoms with E-state index in [-0.39, 0.29) is 0 Å². The average molecular weight is 431 g/mol. The van der Waals surface area contributed by atoms with E-state index in [1.165, 1.54) is 22.3 Å². The molecule has 0 saturated carbocycles. The maximum atomic E-state index is 4.49. The fourth-order valence-electron chi connectivity index (χ4n) is 3.58. The number of nitrogens with zero attached hydrogens (tertiary/aromatic N) is 1. The van der Waals surface area contributed by atoms with Crippen molar-refractivity contribution in [3.05, 3.63) is 108 Å². The summed E-state index contributed by atoms with van der Waals surface area (Å²) in [5.74, 6) is 0.530. The summed E-state index contributed by atoms with van der Waals surface area (Å²) < 4.78 is 0. The van der Waals surface area contributed by atoms with Gasteiger partial charge in [0.25, 0.3) is 0 Å². The van der Waals surface area contributed by atoms with E-state index in [4.69, 9.17) is 0 Å². The van der Waals surface area contributed by atoms with Gasteiger partial charge in [-0.05, 0) is 70.9 Å². The first-order valence-corrected chi connectivity index (χ1v) is 11.5. The Morgan fingerprint density at radius 1 is 1.00 bits per heavy atom. The van der Waals surface area contributed by atoms with E-state index in [1.54, 1.807) is 0 Å². The molecule has 0 spiro atoms. The fraction of sp³-hybridized carbons (Fsp3) is 0.300. The van der Waals surface area contributed by atoms with E-state index >= 15 is 0 Å². The van der Waals surface area contributed by atoms with Crippen LogP contribution >= 0.6 is 0 Å². The molecule has 1 N–H and O–H groups in total. The number of H-pyrrole nitrogens is 1. The zero-order valence-electron chi connectivity index (χ0n) is 21.3. The third-order valence-electron chi connectivity index (χ3n) is 5.01. The zero-order chi connectivity index (χ0) is 24.8. The minimum atomic E-state index is 0.530. The van der Waals surface area contributed by atoms with Crippen molar-refractivity contribution in [1.82, 2.24) is 10.2 Å². The Bertz CT molecular complexity index is 964. The molecule has 2 aromatic rings. The molecule has 0 fully saturated rings. The van der Waals surface area contributed by atoms with Crippen LogP contribution in [0.25, 0.3) is 17.3 Å². The van der Waals surface area contributed by atoms with Crippen LogP contribution in [0.15, 0.2) is 91.6 Å². The van der Waals surface area contributed by atoms with Gasteiger partial charge < -0.3 is 0 Å². The number of benzene rings is 1. The second-order valence-electron chi connectivity index (χ2n) is 7.11. The van der Waals surface area contributed by atoms with Crippen LogP contribution in [0.5, 0.6) is 0 Å². The first kappa shape index (κ1) is 28.9. The van der Waals surface area contributed by atoms with Crippen molar-refractivity contribution in [2.75, 3.05) is 0 Å². The molecule has 0 bridgehead atoms. The van der Waals surface area contributed by atoms with E-state index in [9.17, 15) is 0 Å². The largest absolute Gasteiger partial charge is 0.278 e. The molecule has 0 aliphatic heterocycles. The summed E-state index contributed by atoms with van der Waals surface area (Å²) in [6.07, 6.45) is 6.70. The van der Waals surface area contributed by atoms with E-state index in [0.717, 1.165) is 34.5 Å². The lowest BCUT2D eigenvalue weighted by atomic mass is 9.95. The first-order valence-electron chi connectivity index (χ1n) is 11.5. The molecule has 0 radical (unpaired) electrons. The van der Waals surface area contributed by atoms with Gasteiger partial charge in [-0.25, -0.2) is 0 Å². The molecule has 0 saturated heterocycles. The van der Waals surface area contributed by atoms with E-state index in [1.807, 2.05) is 39.8 Å². The predicted octanol–water partition coefficient (Wildman–Crippen LogP) is 9.38. The summed E-state index contributed by atoms with van der Waals surface area (Å²) >= 11 is 0. The number of rotatable bonds is 5. The average Bonchev–Trinajstić information content (AvgIpc) is 3.42. The Morgan fingerprint density at radius 3 is 2.09 bits per heavy atom. The second kappa shape index (κ2) is 14.8. The molecule has 0 amide bonds. The minimum absolute atomic E-state index is 0.530. The van der Waals surface area contributed by atoms with Gasteiger partial charge in [-0.2, -0.15) is 5.10 Å². The standard InChI is InChI=1S/C24H26N2.2C2H6.C2H4/c1-7-18-12-20(17(6)22(18)8-2)13-21-14-24(26-25-21)19-9-10-23(15(3)4)16(5)11-19;3*1-2/h7-11,13-15H,1-2,6,12H2,3-5H3,(H,25,26);2*1-2H3;1-2H2/b20-13+;;;. The molecule has 1 aliphatic rings. The summed E-state index contributed by atoms with van der Waals surface area (Å²) in [4.78, 5) is 0. The van der Waals surface area contributed by atoms with Crippen molar-refractivity contribution in [2.45, 2.75) is 60.8 Å². The molecular formula is C30H42N2. The third kappa shape index (κ3) is 6.95. The summed E-state index contributed by atoms with van der Waals surface area (Å²) in [6.45, 7) is 32.6. The van der Waals surface area contributed by atoms with Gasteiger partial charge >= 0.3 is 0 Å². The summed E-state index contributed by atoms with van der Waals surface area (Å²) in [6, 6.07) is 8.66. The Morgan fingerprint density at radius 2 is 1.62 bits per heavy atom. The molecule has 1 aromatic carbocycles. The lowest BCUT2D eigenvalue weighted by Gasteiger charge is -2.10. The van der Waals surface area contributed by atoms with Crippen LogP contribution in [0.4, 0.5) is 0 Å². The molecule has 1 aromatic heterocycles. The summed E-state index contributed by atoms with van der Waals surface area (Å²) in [7, 11) is 0. The van der Waals surface area contributed by atoms with Crippen LogP contribution in [0.1, 0.15) is 70.7 Å². The van der Waals surface area contributed by atoms with Crippen molar-refractivity contribution < 1.29 is 0 Å². The fourth-order valence-corrected chi connectivity index (χ4v) is 3.58. The van der Waals surface area contributed by atoms with Crippen molar-refractivity contribution in [2.24, 2.45) is 0 Å². The van der Waals surface area contributed by atoms with Gasteiger partial charge in [0.1, 0.15) is 0 Å². The summed E-state index contributed by atoms with van der Waals surface area (Å²) in [5.41, 5.74) is 10.2. The van der Waals surface area contributed by atoms with E-state index in [0.29, 0.717) is 5.92 Å². The Balaban J connectivity index is 0.00000148. The minimum Gasteiger partial charge on any atom is -0.278 e. The SMILES string of the molecule is C=C.C=CC1=C(C=C)C(=C)/C(=C/c2cc(-c3ccc(C(C)C)c(C)c3)n[nH]2)C1.CC.CC. The van der Waals surface area contributed by atoms with Crippen LogP contribution < -0.4 is 0 Å². The number of nitrogens with one attached hydrogen (secondary N) is 1. The molecule has 1 aliphatic carbocycles. The van der Waals surface area contributed by atoms with Crippen molar-refractivity contribution >= 4 is 6.08 Å². The first-order chi connectivity index (χ1) is 15.4. The maximum absolute atomic E-state index is 4.49. The number of aromatic amines is 1. The molecule has 1 heterocycles. The monoisotopic (exact) mass is 430 g/mol. The number of aromatic nitrogens is 2. The molecule has 0 atom stereocenters. The van der Waals surface area contributed by atoms with Crippen LogP contribution in [0.3, 0.4) is 0 Å². The van der Waals surface area contributed by atoms with Gasteiger partial charge in [-0.3, -0.25) is 5.10 Å². The number of hydrogen-bond acceptors (Lipinski definition) is 1. The highest BCUT2D eigenvalue weighted by Gasteiger charge is 2.19. The lowest BCUT2D eigenvalue weighted by Crippen LogP contribution is -1.92. The van der Waals surface area contributed by atoms with Crippen LogP contribution in [0, 0.1) is 6.92 Å². The molecular weight excluding hydrogens is 388 g/mol. The number of hydrogen-bond donors (Lipinski definition) is 1. The van der Waals surface area contributed by atoms with Crippen LogP contribution in [-0.2, 0) is 0 Å². The normalized spacial score (nSPS) is 13.5. The molecule has 2 nitrogen and oxygen atoms in total. The van der Waals surface area contributed by atoms with Crippen molar-refractivity contribution in [3.8, 4) is 11.3 Å². The van der Waals surface area contributed by atoms with Crippen LogP contribution in [0.2, 0.25) is 0 Å². The Hall–Kier alpha value is -3.13. The third-order valence-corrected chi connectivity index (χ3v) is 5.01. The van der Waals surface area contributed by atoms with Gasteiger partial charge in [0.2, 0.25) is 0 Å². The van der Waals surface area contributed by atoms with Gasteiger partial charge in [0.05, 0.1) is 11.4 Å². The topological polar surface area (TPSA) is 28.7 Å². The van der Waals surface area contributed by atoms with Gasteiger partial charge in [0, 0.05) is 5.56 Å². The predicted molar refractivity (Wildman–Crippen MR) is 146 cm³/mol.